The molecule has 1 aromatic carbocycles. The molecule has 3 aliphatic carbocycles. The first-order valence-electron chi connectivity index (χ1n) is 11.0. The summed E-state index contributed by atoms with van der Waals surface area (Å²) in [5.41, 5.74) is 2.78. The standard InChI is InChI=1S/C24H27N3O8/c1-26(2)14-8-10(23(33)34)6-12-11(14)5-9-7-13-17(27(3)4)19(29)16(22(25)32)21(31)24(13,35)20(30)15(9)18(12)28/h6,8-9,13,17,28,31,35H,5,7H2,1-4H3,(H2,25,32)(H,33,34)/t9?,13?,17-,24+/m1/s1. The molecule has 0 aliphatic heterocycles. The number of anilines is 1. The number of carboxylic acids is 1. The van der Waals surface area contributed by atoms with Gasteiger partial charge in [-0.1, -0.05) is 0 Å². The van der Waals surface area contributed by atoms with Crippen LogP contribution in [0.25, 0.3) is 5.76 Å². The average Bonchev–Trinajstić information content (AvgIpc) is 2.75. The van der Waals surface area contributed by atoms with E-state index in [0.717, 1.165) is 0 Å². The zero-order chi connectivity index (χ0) is 26.1. The minimum absolute atomic E-state index is 0.0271. The highest BCUT2D eigenvalue weighted by molar-refractivity contribution is 6.24. The lowest BCUT2D eigenvalue weighted by molar-refractivity contribution is -0.153. The van der Waals surface area contributed by atoms with Gasteiger partial charge in [-0.25, -0.2) is 4.79 Å². The Morgan fingerprint density at radius 2 is 1.74 bits per heavy atom. The number of hydrogen-bond acceptors (Lipinski definition) is 9. The summed E-state index contributed by atoms with van der Waals surface area (Å²) in [4.78, 5) is 53.7. The molecule has 0 saturated heterocycles. The molecule has 0 radical (unpaired) electrons. The van der Waals surface area contributed by atoms with Gasteiger partial charge in [-0.05, 0) is 50.6 Å². The Morgan fingerprint density at radius 1 is 1.11 bits per heavy atom. The molecule has 0 spiro atoms. The van der Waals surface area contributed by atoms with E-state index in [-0.39, 0.29) is 29.5 Å². The van der Waals surface area contributed by atoms with Gasteiger partial charge < -0.3 is 31.1 Å². The van der Waals surface area contributed by atoms with Crippen LogP contribution in [0.15, 0.2) is 29.0 Å². The van der Waals surface area contributed by atoms with Gasteiger partial charge in [0.05, 0.1) is 11.6 Å². The molecule has 1 fully saturated rings. The number of benzene rings is 1. The van der Waals surface area contributed by atoms with Crippen molar-refractivity contribution in [1.29, 1.82) is 0 Å². The van der Waals surface area contributed by atoms with Crippen LogP contribution in [0.4, 0.5) is 5.69 Å². The maximum Gasteiger partial charge on any atom is 0.335 e. The van der Waals surface area contributed by atoms with Crippen molar-refractivity contribution in [1.82, 2.24) is 4.90 Å². The van der Waals surface area contributed by atoms with Crippen LogP contribution in [-0.4, -0.2) is 88.6 Å². The van der Waals surface area contributed by atoms with E-state index in [0.29, 0.717) is 11.3 Å². The molecule has 1 amide bonds. The molecule has 0 aromatic heterocycles. The normalized spacial score (nSPS) is 28.0. The topological polar surface area (TPSA) is 182 Å². The third kappa shape index (κ3) is 3.26. The Bertz CT molecular complexity index is 1260. The Balaban J connectivity index is 1.99. The minimum atomic E-state index is -2.67. The van der Waals surface area contributed by atoms with Gasteiger partial charge in [-0.2, -0.15) is 0 Å². The lowest BCUT2D eigenvalue weighted by Crippen LogP contribution is -2.65. The fourth-order valence-electron chi connectivity index (χ4n) is 5.75. The Kier molecular flexibility index (Phi) is 5.53. The van der Waals surface area contributed by atoms with Crippen LogP contribution in [0, 0.1) is 11.8 Å². The lowest BCUT2D eigenvalue weighted by atomic mass is 9.57. The maximum absolute atomic E-state index is 13.8. The van der Waals surface area contributed by atoms with Crippen LogP contribution >= 0.6 is 0 Å². The molecular formula is C24H27N3O8. The number of aromatic carboxylic acids is 1. The van der Waals surface area contributed by atoms with Crippen molar-refractivity contribution >= 4 is 34.9 Å². The minimum Gasteiger partial charge on any atom is -0.508 e. The van der Waals surface area contributed by atoms with Crippen molar-refractivity contribution in [3.05, 3.63) is 45.7 Å². The van der Waals surface area contributed by atoms with E-state index in [9.17, 15) is 39.6 Å². The number of fused-ring (bicyclic) bond motifs is 3. The van der Waals surface area contributed by atoms with E-state index in [1.54, 1.807) is 33.1 Å². The first kappa shape index (κ1) is 24.4. The van der Waals surface area contributed by atoms with Gasteiger partial charge in [-0.15, -0.1) is 0 Å². The summed E-state index contributed by atoms with van der Waals surface area (Å²) in [6.45, 7) is 0. The molecule has 0 bridgehead atoms. The summed E-state index contributed by atoms with van der Waals surface area (Å²) >= 11 is 0. The highest BCUT2D eigenvalue weighted by Gasteiger charge is 2.64. The molecule has 1 aromatic rings. The van der Waals surface area contributed by atoms with E-state index in [1.165, 1.54) is 17.0 Å². The number of rotatable bonds is 4. The number of carbonyl (C=O) groups excluding carboxylic acids is 3. The number of carboxylic acid groups (broad SMARTS) is 1. The van der Waals surface area contributed by atoms with E-state index < -0.39 is 64.0 Å². The molecule has 1 saturated carbocycles. The number of aliphatic hydroxyl groups is 3. The van der Waals surface area contributed by atoms with E-state index >= 15 is 0 Å². The van der Waals surface area contributed by atoms with E-state index in [2.05, 4.69) is 0 Å². The number of hydrogen-bond donors (Lipinski definition) is 5. The average molecular weight is 485 g/mol. The predicted octanol–water partition coefficient (Wildman–Crippen LogP) is 0.0226. The van der Waals surface area contributed by atoms with Gasteiger partial charge in [-0.3, -0.25) is 19.3 Å². The van der Waals surface area contributed by atoms with Gasteiger partial charge in [0.15, 0.2) is 11.4 Å². The van der Waals surface area contributed by atoms with Gasteiger partial charge in [0, 0.05) is 36.8 Å². The van der Waals surface area contributed by atoms with Crippen LogP contribution in [0.5, 0.6) is 0 Å². The number of nitrogens with zero attached hydrogens (tertiary/aromatic N) is 2. The molecule has 11 heteroatoms. The second-order valence-electron chi connectivity index (χ2n) is 9.68. The van der Waals surface area contributed by atoms with Crippen LogP contribution < -0.4 is 10.6 Å². The molecular weight excluding hydrogens is 458 g/mol. The Morgan fingerprint density at radius 3 is 2.26 bits per heavy atom. The number of carbonyl (C=O) groups is 4. The third-order valence-corrected chi connectivity index (χ3v) is 7.29. The fraction of sp³-hybridized carbons (Fsp3) is 0.417. The summed E-state index contributed by atoms with van der Waals surface area (Å²) in [5, 5.41) is 43.1. The van der Waals surface area contributed by atoms with Crippen molar-refractivity contribution in [3.8, 4) is 0 Å². The fourth-order valence-corrected chi connectivity index (χ4v) is 5.75. The zero-order valence-corrected chi connectivity index (χ0v) is 19.7. The van der Waals surface area contributed by atoms with Crippen molar-refractivity contribution in [3.63, 3.8) is 0 Å². The summed E-state index contributed by atoms with van der Waals surface area (Å²) in [7, 11) is 6.53. The van der Waals surface area contributed by atoms with Crippen molar-refractivity contribution in [2.24, 2.45) is 17.6 Å². The van der Waals surface area contributed by atoms with E-state index in [1.807, 2.05) is 0 Å². The number of likely N-dealkylation sites (N-methyl/N-ethyl adjacent to an activating group) is 1. The van der Waals surface area contributed by atoms with Gasteiger partial charge in [0.25, 0.3) is 5.91 Å². The van der Waals surface area contributed by atoms with E-state index in [4.69, 9.17) is 5.73 Å². The maximum atomic E-state index is 13.8. The Hall–Kier alpha value is -3.70. The molecule has 186 valence electrons. The van der Waals surface area contributed by atoms with Crippen LogP contribution in [0.3, 0.4) is 0 Å². The molecule has 3 aliphatic rings. The zero-order valence-electron chi connectivity index (χ0n) is 19.7. The van der Waals surface area contributed by atoms with Crippen molar-refractivity contribution in [2.75, 3.05) is 33.1 Å². The molecule has 6 N–H and O–H groups in total. The van der Waals surface area contributed by atoms with Crippen molar-refractivity contribution < 1.29 is 39.6 Å². The summed E-state index contributed by atoms with van der Waals surface area (Å²) in [5.74, 6) is -7.74. The van der Waals surface area contributed by atoms with Gasteiger partial charge in [0.2, 0.25) is 5.78 Å². The molecule has 2 unspecified atom stereocenters. The summed E-state index contributed by atoms with van der Waals surface area (Å²) < 4.78 is 0. The number of primary amides is 1. The summed E-state index contributed by atoms with van der Waals surface area (Å²) in [6, 6.07) is 1.60. The first-order chi connectivity index (χ1) is 16.2. The molecule has 4 rings (SSSR count). The van der Waals surface area contributed by atoms with Crippen LogP contribution in [-0.2, 0) is 20.8 Å². The van der Waals surface area contributed by atoms with Crippen molar-refractivity contribution in [2.45, 2.75) is 24.5 Å². The van der Waals surface area contributed by atoms with Crippen LogP contribution in [0.2, 0.25) is 0 Å². The highest BCUT2D eigenvalue weighted by Crippen LogP contribution is 2.52. The number of aliphatic hydroxyl groups excluding tert-OH is 2. The largest absolute Gasteiger partial charge is 0.508 e. The second-order valence-corrected chi connectivity index (χ2v) is 9.68. The smallest absolute Gasteiger partial charge is 0.335 e. The van der Waals surface area contributed by atoms with Crippen LogP contribution in [0.1, 0.15) is 27.9 Å². The quantitative estimate of drug-likeness (QED) is 0.365. The number of amides is 1. The first-order valence-corrected chi connectivity index (χ1v) is 11.0. The molecule has 0 heterocycles. The SMILES string of the molecule is CN(C)c1cc(C(=O)O)cc2c1CC1CC3[C@@H](N(C)C)C(=O)C(C(N)=O)=C(O)[C@@]3(O)C(=O)C1=C2O. The number of Topliss-reactive ketones (excluding diaryl/α,β-unsaturated/α-hetero) is 2. The molecule has 11 nitrogen and oxygen atoms in total. The highest BCUT2D eigenvalue weighted by atomic mass is 16.4. The second kappa shape index (κ2) is 7.92. The number of nitrogens with two attached hydrogens (primary N) is 1. The lowest BCUT2D eigenvalue weighted by Gasteiger charge is -2.50. The van der Waals surface area contributed by atoms with Gasteiger partial charge in [0.1, 0.15) is 17.1 Å². The number of ketones is 2. The molecule has 35 heavy (non-hydrogen) atoms. The Labute approximate surface area is 200 Å². The molecule has 4 atom stereocenters. The van der Waals surface area contributed by atoms with Gasteiger partial charge >= 0.3 is 5.97 Å². The monoisotopic (exact) mass is 485 g/mol. The predicted molar refractivity (Wildman–Crippen MR) is 124 cm³/mol. The third-order valence-electron chi connectivity index (χ3n) is 7.29. The summed E-state index contributed by atoms with van der Waals surface area (Å²) in [6.07, 6.45) is 0.251.